The third-order valence-electron chi connectivity index (χ3n) is 12.5. The summed E-state index contributed by atoms with van der Waals surface area (Å²) in [6, 6.07) is 33.4. The minimum absolute atomic E-state index is 0. The molecule has 4 heterocycles. The van der Waals surface area contributed by atoms with Gasteiger partial charge in [-0.3, -0.25) is 4.79 Å². The standard InChI is InChI=1S/C51H34NO10S.2Na/c1-25-19-42-45(49(54)34-23-30(50(55)56)14-18-39(34)60-42)27(3)33(25)21-29-13-16-35-40(22-29)61-41-24-31(15-17-36(41)51(35)37-10-6-8-12-44(37)63(57,58)62-51)52-47-26(2)20-43-46(28(47)4)48(53)32-9-5-7-11-38(32)59-43;;/h6-20,22-24,52H,21H2,1-4H3,(H,55,56);;/q-1;2*+1/p-1. The first-order valence-corrected chi connectivity index (χ1v) is 21.5. The molecule has 0 amide bonds. The first-order chi connectivity index (χ1) is 30.2. The van der Waals surface area contributed by atoms with Crippen LogP contribution < -0.4 is 85.1 Å². The van der Waals surface area contributed by atoms with Crippen LogP contribution in [0.3, 0.4) is 0 Å². The minimum Gasteiger partial charge on any atom is -0.545 e. The number of carbonyl (C=O) groups excluding carboxylic acids is 1. The minimum atomic E-state index is -4.21. The number of anilines is 2. The molecule has 0 saturated heterocycles. The molecular formula is C51H33NNa2O10S. The van der Waals surface area contributed by atoms with E-state index in [1.807, 2.05) is 58.0 Å². The molecule has 2 aliphatic heterocycles. The van der Waals surface area contributed by atoms with Gasteiger partial charge in [0.25, 0.3) is 10.1 Å². The first kappa shape index (κ1) is 44.7. The van der Waals surface area contributed by atoms with Crippen LogP contribution in [0.15, 0.2) is 133 Å². The molecule has 0 radical (unpaired) electrons. The van der Waals surface area contributed by atoms with Crippen molar-refractivity contribution in [1.29, 1.82) is 0 Å². The van der Waals surface area contributed by atoms with Crippen molar-refractivity contribution in [2.75, 3.05) is 5.32 Å². The zero-order valence-electron chi connectivity index (χ0n) is 36.1. The number of aryl methyl sites for hydroxylation is 4. The van der Waals surface area contributed by atoms with E-state index in [0.717, 1.165) is 22.3 Å². The molecule has 11 nitrogen and oxygen atoms in total. The molecule has 11 rings (SSSR count). The van der Waals surface area contributed by atoms with E-state index >= 15 is 0 Å². The number of ether oxygens (including phenoxy) is 1. The van der Waals surface area contributed by atoms with Crippen LogP contribution in [0.1, 0.15) is 60.4 Å². The Labute approximate surface area is 415 Å². The van der Waals surface area contributed by atoms with Crippen molar-refractivity contribution in [3.8, 4) is 11.5 Å². The zero-order valence-corrected chi connectivity index (χ0v) is 40.9. The molecule has 7 aromatic carbocycles. The Morgan fingerprint density at radius 3 is 2.12 bits per heavy atom. The van der Waals surface area contributed by atoms with Crippen molar-refractivity contribution < 1.29 is 95.2 Å². The van der Waals surface area contributed by atoms with Gasteiger partial charge in [0.15, 0.2) is 5.60 Å². The van der Waals surface area contributed by atoms with E-state index in [-0.39, 0.29) is 91.4 Å². The first-order valence-electron chi connectivity index (χ1n) is 20.1. The Morgan fingerprint density at radius 2 is 1.37 bits per heavy atom. The van der Waals surface area contributed by atoms with Crippen molar-refractivity contribution in [2.24, 2.45) is 0 Å². The molecule has 310 valence electrons. The van der Waals surface area contributed by atoms with Crippen molar-refractivity contribution in [3.63, 3.8) is 0 Å². The molecule has 1 spiro atoms. The van der Waals surface area contributed by atoms with Gasteiger partial charge in [0.2, 0.25) is 5.43 Å². The monoisotopic (exact) mass is 897 g/mol. The summed E-state index contributed by atoms with van der Waals surface area (Å²) < 4.78 is 52.9. The SMILES string of the molecule is Cc1cc2oc3ccc(C(=O)[O-])cc3c(=O)c2c(C)c1Cc1ccc2c(c1)Oc1cc(Nc3c(C)cc4oc5cc[c-]cc5c(=O)c4c3C)ccc1C21OS(=O)(=O)c2ccccc21.[Na+].[Na+]. The van der Waals surface area contributed by atoms with E-state index < -0.39 is 21.7 Å². The fourth-order valence-corrected chi connectivity index (χ4v) is 10.9. The average Bonchev–Trinajstić information content (AvgIpc) is 3.50. The Hall–Kier alpha value is -5.54. The molecule has 0 fully saturated rings. The average molecular weight is 898 g/mol. The summed E-state index contributed by atoms with van der Waals surface area (Å²) in [6.07, 6.45) is 0.361. The van der Waals surface area contributed by atoms with Crippen LogP contribution in [-0.4, -0.2) is 14.4 Å². The predicted octanol–water partition coefficient (Wildman–Crippen LogP) is 3.06. The van der Waals surface area contributed by atoms with Crippen LogP contribution in [0.2, 0.25) is 0 Å². The maximum absolute atomic E-state index is 13.9. The molecule has 2 aliphatic rings. The van der Waals surface area contributed by atoms with Gasteiger partial charge >= 0.3 is 59.1 Å². The number of fused-ring (bicyclic) bond motifs is 10. The summed E-state index contributed by atoms with van der Waals surface area (Å²) in [4.78, 5) is 39.3. The molecule has 0 saturated carbocycles. The fourth-order valence-electron chi connectivity index (χ4n) is 9.49. The number of rotatable bonds is 5. The van der Waals surface area contributed by atoms with E-state index in [4.69, 9.17) is 17.8 Å². The Kier molecular flexibility index (Phi) is 11.1. The molecule has 9 aromatic rings. The number of carboxylic acid groups (broad SMARTS) is 1. The van der Waals surface area contributed by atoms with E-state index in [1.54, 1.807) is 54.6 Å². The number of aromatic carboxylic acids is 1. The van der Waals surface area contributed by atoms with Gasteiger partial charge in [-0.05, 0) is 133 Å². The van der Waals surface area contributed by atoms with Crippen molar-refractivity contribution >= 4 is 71.3 Å². The second-order valence-electron chi connectivity index (χ2n) is 16.2. The van der Waals surface area contributed by atoms with Gasteiger partial charge in [0.05, 0.1) is 22.1 Å². The van der Waals surface area contributed by atoms with Crippen LogP contribution >= 0.6 is 0 Å². The summed E-state index contributed by atoms with van der Waals surface area (Å²) in [5.41, 5.74) is 6.85. The van der Waals surface area contributed by atoms with Gasteiger partial charge in [0, 0.05) is 39.7 Å². The van der Waals surface area contributed by atoms with Crippen LogP contribution in [0.4, 0.5) is 11.4 Å². The van der Waals surface area contributed by atoms with Crippen LogP contribution in [0.25, 0.3) is 43.9 Å². The van der Waals surface area contributed by atoms with Crippen LogP contribution in [-0.2, 0) is 26.3 Å². The Bertz CT molecular complexity index is 3800. The van der Waals surface area contributed by atoms with Crippen molar-refractivity contribution in [2.45, 2.75) is 44.6 Å². The number of hydrogen-bond donors (Lipinski definition) is 1. The summed E-state index contributed by atoms with van der Waals surface area (Å²) >= 11 is 0. The van der Waals surface area contributed by atoms with E-state index in [9.17, 15) is 27.9 Å². The fraction of sp³-hybridized carbons (Fsp3) is 0.118. The smallest absolute Gasteiger partial charge is 0.545 e. The van der Waals surface area contributed by atoms with E-state index in [0.29, 0.717) is 90.0 Å². The van der Waals surface area contributed by atoms with Crippen molar-refractivity contribution in [1.82, 2.24) is 0 Å². The van der Waals surface area contributed by atoms with Crippen LogP contribution in [0, 0.1) is 33.8 Å². The molecule has 1 atom stereocenters. The second kappa shape index (κ2) is 16.1. The number of hydrogen-bond acceptors (Lipinski definition) is 11. The summed E-state index contributed by atoms with van der Waals surface area (Å²) in [6.45, 7) is 7.56. The molecule has 65 heavy (non-hydrogen) atoms. The third-order valence-corrected chi connectivity index (χ3v) is 13.8. The number of carboxylic acids is 1. The molecule has 1 N–H and O–H groups in total. The largest absolute Gasteiger partial charge is 1.00 e. The van der Waals surface area contributed by atoms with Crippen molar-refractivity contribution in [3.05, 3.63) is 191 Å². The van der Waals surface area contributed by atoms with Gasteiger partial charge in [-0.2, -0.15) is 26.6 Å². The number of nitrogens with one attached hydrogen (secondary N) is 1. The maximum Gasteiger partial charge on any atom is 1.00 e. The number of carbonyl (C=O) groups is 1. The normalized spacial score (nSPS) is 15.5. The van der Waals surface area contributed by atoms with E-state index in [1.165, 1.54) is 24.3 Å². The van der Waals surface area contributed by atoms with Gasteiger partial charge in [-0.25, -0.2) is 4.18 Å². The Balaban J connectivity index is 0.00000266. The quantitative estimate of drug-likeness (QED) is 0.117. The van der Waals surface area contributed by atoms with Crippen LogP contribution in [0.5, 0.6) is 11.5 Å². The van der Waals surface area contributed by atoms with Gasteiger partial charge in [0.1, 0.15) is 38.6 Å². The zero-order chi connectivity index (χ0) is 43.7. The third kappa shape index (κ3) is 6.81. The van der Waals surface area contributed by atoms with Gasteiger partial charge < -0.3 is 33.6 Å². The summed E-state index contributed by atoms with van der Waals surface area (Å²) in [5.74, 6) is -0.668. The molecule has 1 unspecified atom stereocenters. The topological polar surface area (TPSA) is 165 Å². The van der Waals surface area contributed by atoms with Gasteiger partial charge in [-0.1, -0.05) is 30.3 Å². The Morgan fingerprint density at radius 1 is 0.708 bits per heavy atom. The van der Waals surface area contributed by atoms with Gasteiger partial charge in [-0.15, -0.1) is 6.07 Å². The molecule has 14 heteroatoms. The maximum atomic E-state index is 13.9. The summed E-state index contributed by atoms with van der Waals surface area (Å²) in [5, 5.41) is 16.5. The van der Waals surface area contributed by atoms with E-state index in [2.05, 4.69) is 11.4 Å². The molecule has 0 aliphatic carbocycles. The molecule has 0 bridgehead atoms. The number of benzene rings is 7. The molecular weight excluding hydrogens is 865 g/mol. The second-order valence-corrected chi connectivity index (χ2v) is 17.7. The predicted molar refractivity (Wildman–Crippen MR) is 236 cm³/mol. The molecule has 2 aromatic heterocycles. The summed E-state index contributed by atoms with van der Waals surface area (Å²) in [7, 11) is -4.21.